The van der Waals surface area contributed by atoms with Crippen molar-refractivity contribution in [3.8, 4) is 95.6 Å². The minimum atomic E-state index is -0.485. The van der Waals surface area contributed by atoms with Crippen molar-refractivity contribution < 1.29 is 0 Å². The Morgan fingerprint density at radius 3 is 1.40 bits per heavy atom. The number of aromatic nitrogens is 2. The fourth-order valence-electron chi connectivity index (χ4n) is 10.1. The zero-order valence-corrected chi connectivity index (χ0v) is 34.2. The highest BCUT2D eigenvalue weighted by molar-refractivity contribution is 5.96. The predicted molar refractivity (Wildman–Crippen MR) is 256 cm³/mol. The van der Waals surface area contributed by atoms with Gasteiger partial charge in [-0.15, -0.1) is 0 Å². The first-order valence-corrected chi connectivity index (χ1v) is 21.4. The van der Waals surface area contributed by atoms with Crippen LogP contribution in [0.15, 0.2) is 224 Å². The Kier molecular flexibility index (Phi) is 8.45. The SMILES string of the molecule is N#Cc1ccc2c(c1)-c1ccc(-c3cccc(-c4ccc(-c5cc(-c6ccccc6)nc(-c6cccc(-c7ccccc7)c6)n5)cc4)c3)cc1C21c2ccccc2-c2ccccc21. The van der Waals surface area contributed by atoms with Crippen LogP contribution in [-0.4, -0.2) is 9.97 Å². The second kappa shape index (κ2) is 14.6. The van der Waals surface area contributed by atoms with Gasteiger partial charge in [-0.1, -0.05) is 188 Å². The van der Waals surface area contributed by atoms with E-state index in [1.165, 1.54) is 38.9 Å². The molecule has 3 nitrogen and oxygen atoms in total. The molecule has 2 aliphatic carbocycles. The van der Waals surface area contributed by atoms with Crippen LogP contribution in [0.25, 0.3) is 89.5 Å². The molecule has 0 saturated carbocycles. The summed E-state index contributed by atoms with van der Waals surface area (Å²) in [5.41, 5.74) is 21.7. The van der Waals surface area contributed by atoms with Crippen molar-refractivity contribution >= 4 is 0 Å². The molecule has 9 aromatic carbocycles. The van der Waals surface area contributed by atoms with Crippen LogP contribution in [0, 0.1) is 11.3 Å². The molecule has 0 atom stereocenters. The van der Waals surface area contributed by atoms with Gasteiger partial charge in [0.15, 0.2) is 5.82 Å². The van der Waals surface area contributed by atoms with Gasteiger partial charge in [-0.2, -0.15) is 5.26 Å². The Bertz CT molecular complexity index is 3410. The molecular formula is C60H37N3. The van der Waals surface area contributed by atoms with E-state index in [2.05, 4.69) is 200 Å². The third-order valence-electron chi connectivity index (χ3n) is 13.0. The average Bonchev–Trinajstić information content (AvgIpc) is 3.83. The van der Waals surface area contributed by atoms with Gasteiger partial charge >= 0.3 is 0 Å². The van der Waals surface area contributed by atoms with Crippen molar-refractivity contribution in [1.82, 2.24) is 9.97 Å². The highest BCUT2D eigenvalue weighted by Crippen LogP contribution is 2.63. The molecule has 0 amide bonds. The second-order valence-electron chi connectivity index (χ2n) is 16.4. The summed E-state index contributed by atoms with van der Waals surface area (Å²) in [4.78, 5) is 10.3. The van der Waals surface area contributed by atoms with Crippen molar-refractivity contribution in [1.29, 1.82) is 5.26 Å². The molecule has 10 aromatic rings. The molecule has 0 radical (unpaired) electrons. The van der Waals surface area contributed by atoms with Crippen molar-refractivity contribution in [2.75, 3.05) is 0 Å². The third kappa shape index (κ3) is 5.88. The lowest BCUT2D eigenvalue weighted by atomic mass is 9.70. The summed E-state index contributed by atoms with van der Waals surface area (Å²) in [7, 11) is 0. The van der Waals surface area contributed by atoms with E-state index < -0.39 is 5.41 Å². The van der Waals surface area contributed by atoms with E-state index in [1.54, 1.807) is 0 Å². The zero-order chi connectivity index (χ0) is 41.9. The summed E-state index contributed by atoms with van der Waals surface area (Å²) in [6.45, 7) is 0. The van der Waals surface area contributed by atoms with Crippen LogP contribution in [0.5, 0.6) is 0 Å². The molecule has 0 saturated heterocycles. The highest BCUT2D eigenvalue weighted by atomic mass is 14.9. The van der Waals surface area contributed by atoms with Gasteiger partial charge in [0.25, 0.3) is 0 Å². The Morgan fingerprint density at radius 1 is 0.302 bits per heavy atom. The molecule has 1 aromatic heterocycles. The van der Waals surface area contributed by atoms with Crippen LogP contribution >= 0.6 is 0 Å². The van der Waals surface area contributed by atoms with Crippen molar-refractivity contribution in [3.63, 3.8) is 0 Å². The number of hydrogen-bond acceptors (Lipinski definition) is 3. The van der Waals surface area contributed by atoms with E-state index in [1.807, 2.05) is 30.3 Å². The van der Waals surface area contributed by atoms with Crippen LogP contribution in [-0.2, 0) is 5.41 Å². The number of nitriles is 1. The molecule has 292 valence electrons. The Balaban J connectivity index is 0.926. The molecule has 63 heavy (non-hydrogen) atoms. The van der Waals surface area contributed by atoms with Crippen molar-refractivity contribution in [3.05, 3.63) is 252 Å². The lowest BCUT2D eigenvalue weighted by Gasteiger charge is -2.30. The molecule has 1 spiro atoms. The van der Waals surface area contributed by atoms with Gasteiger partial charge in [0.05, 0.1) is 28.4 Å². The minimum absolute atomic E-state index is 0.485. The Hall–Kier alpha value is -8.45. The van der Waals surface area contributed by atoms with Gasteiger partial charge in [-0.3, -0.25) is 0 Å². The second-order valence-corrected chi connectivity index (χ2v) is 16.4. The molecule has 2 aliphatic rings. The van der Waals surface area contributed by atoms with Crippen LogP contribution in [0.4, 0.5) is 0 Å². The first-order chi connectivity index (χ1) is 31.2. The van der Waals surface area contributed by atoms with E-state index in [0.29, 0.717) is 11.4 Å². The minimum Gasteiger partial charge on any atom is -0.228 e. The molecule has 0 bridgehead atoms. The summed E-state index contributed by atoms with van der Waals surface area (Å²) in [6, 6.07) is 82.1. The van der Waals surface area contributed by atoms with E-state index >= 15 is 0 Å². The standard InChI is InChI=1S/C60H37N3/c61-38-39-25-32-55-52(33-39)51-31-30-47(36-56(51)60(55)53-23-9-7-21-49(53)50-22-8-10-24-54(50)60)46-19-11-17-44(34-46)41-26-28-43(29-27-41)58-37-57(42-15-5-2-6-16-42)62-59(63-58)48-20-12-18-45(35-48)40-13-3-1-4-14-40/h1-37H. The van der Waals surface area contributed by atoms with Crippen LogP contribution < -0.4 is 0 Å². The predicted octanol–water partition coefficient (Wildman–Crippen LogP) is 14.7. The van der Waals surface area contributed by atoms with Gasteiger partial charge in [0, 0.05) is 16.7 Å². The van der Waals surface area contributed by atoms with Gasteiger partial charge in [-0.05, 0) is 114 Å². The summed E-state index contributed by atoms with van der Waals surface area (Å²) in [6.07, 6.45) is 0. The number of nitrogens with zero attached hydrogens (tertiary/aromatic N) is 3. The Labute approximate surface area is 366 Å². The third-order valence-corrected chi connectivity index (χ3v) is 13.0. The summed E-state index contributed by atoms with van der Waals surface area (Å²) in [5, 5.41) is 9.97. The monoisotopic (exact) mass is 799 g/mol. The molecule has 1 heterocycles. The van der Waals surface area contributed by atoms with Gasteiger partial charge < -0.3 is 0 Å². The van der Waals surface area contributed by atoms with Crippen molar-refractivity contribution in [2.24, 2.45) is 0 Å². The lowest BCUT2D eigenvalue weighted by molar-refractivity contribution is 0.794. The first kappa shape index (κ1) is 36.4. The van der Waals surface area contributed by atoms with Gasteiger partial charge in [0.1, 0.15) is 0 Å². The van der Waals surface area contributed by atoms with Crippen LogP contribution in [0.1, 0.15) is 27.8 Å². The highest BCUT2D eigenvalue weighted by Gasteiger charge is 2.51. The number of fused-ring (bicyclic) bond motifs is 10. The molecule has 0 unspecified atom stereocenters. The number of hydrogen-bond donors (Lipinski definition) is 0. The topological polar surface area (TPSA) is 49.6 Å². The molecular weight excluding hydrogens is 763 g/mol. The Morgan fingerprint density at radius 2 is 0.746 bits per heavy atom. The van der Waals surface area contributed by atoms with Gasteiger partial charge in [-0.25, -0.2) is 9.97 Å². The molecule has 0 fully saturated rings. The van der Waals surface area contributed by atoms with Gasteiger partial charge in [0.2, 0.25) is 0 Å². The lowest BCUT2D eigenvalue weighted by Crippen LogP contribution is -2.25. The maximum atomic E-state index is 9.97. The van der Waals surface area contributed by atoms with E-state index in [9.17, 15) is 5.26 Å². The van der Waals surface area contributed by atoms with E-state index in [4.69, 9.17) is 9.97 Å². The molecule has 0 N–H and O–H groups in total. The van der Waals surface area contributed by atoms with Crippen LogP contribution in [0.2, 0.25) is 0 Å². The average molecular weight is 800 g/mol. The fraction of sp³-hybridized carbons (Fsp3) is 0.0167. The van der Waals surface area contributed by atoms with Crippen LogP contribution in [0.3, 0.4) is 0 Å². The molecule has 3 heteroatoms. The smallest absolute Gasteiger partial charge is 0.160 e. The largest absolute Gasteiger partial charge is 0.228 e. The first-order valence-electron chi connectivity index (χ1n) is 21.4. The fourth-order valence-corrected chi connectivity index (χ4v) is 10.1. The maximum absolute atomic E-state index is 9.97. The molecule has 0 aliphatic heterocycles. The number of benzene rings is 9. The maximum Gasteiger partial charge on any atom is 0.160 e. The zero-order valence-electron chi connectivity index (χ0n) is 34.2. The quantitative estimate of drug-likeness (QED) is 0.168. The van der Waals surface area contributed by atoms with E-state index in [-0.39, 0.29) is 0 Å². The van der Waals surface area contributed by atoms with Crippen molar-refractivity contribution in [2.45, 2.75) is 5.41 Å². The summed E-state index contributed by atoms with van der Waals surface area (Å²) < 4.78 is 0. The normalized spacial score (nSPS) is 12.6. The summed E-state index contributed by atoms with van der Waals surface area (Å²) >= 11 is 0. The molecule has 12 rings (SSSR count). The summed E-state index contributed by atoms with van der Waals surface area (Å²) in [5.74, 6) is 0.690. The van der Waals surface area contributed by atoms with E-state index in [0.717, 1.165) is 67.0 Å². The number of rotatable bonds is 6.